The van der Waals surface area contributed by atoms with Crippen molar-refractivity contribution in [3.05, 3.63) is 41.4 Å². The van der Waals surface area contributed by atoms with Crippen LogP contribution in [0.3, 0.4) is 0 Å². The minimum absolute atomic E-state index is 0.183. The maximum atomic E-state index is 11.7. The zero-order valence-electron chi connectivity index (χ0n) is 13.1. The monoisotopic (exact) mass is 332 g/mol. The van der Waals surface area contributed by atoms with Crippen LogP contribution in [0.1, 0.15) is 18.2 Å². The van der Waals surface area contributed by atoms with Crippen molar-refractivity contribution in [3.63, 3.8) is 0 Å². The molecule has 0 unspecified atom stereocenters. The quantitative estimate of drug-likeness (QED) is 0.790. The molecule has 122 valence electrons. The van der Waals surface area contributed by atoms with Gasteiger partial charge in [-0.3, -0.25) is 4.79 Å². The standard InChI is InChI=1S/C17H20N2O3S/c1-2-22-15(20)8-17(11-21-12-17)19-10-14-9-18-16(23-14)13-6-4-3-5-7-13/h3-7,9,19H,2,8,10-12H2,1H3. The Morgan fingerprint density at radius 3 is 2.83 bits per heavy atom. The van der Waals surface area contributed by atoms with E-state index < -0.39 is 0 Å². The van der Waals surface area contributed by atoms with Crippen molar-refractivity contribution < 1.29 is 14.3 Å². The number of benzene rings is 1. The fraction of sp³-hybridized carbons (Fsp3) is 0.412. The van der Waals surface area contributed by atoms with Gasteiger partial charge in [-0.2, -0.15) is 0 Å². The lowest BCUT2D eigenvalue weighted by molar-refractivity contribution is -0.152. The summed E-state index contributed by atoms with van der Waals surface area (Å²) < 4.78 is 10.3. The normalized spacial score (nSPS) is 15.9. The molecule has 1 fully saturated rings. The Morgan fingerprint density at radius 1 is 1.39 bits per heavy atom. The van der Waals surface area contributed by atoms with Crippen LogP contribution >= 0.6 is 11.3 Å². The second-order valence-electron chi connectivity index (χ2n) is 5.61. The lowest BCUT2D eigenvalue weighted by Crippen LogP contribution is -2.61. The SMILES string of the molecule is CCOC(=O)CC1(NCc2cnc(-c3ccccc3)s2)COC1. The Balaban J connectivity index is 1.59. The summed E-state index contributed by atoms with van der Waals surface area (Å²) in [6, 6.07) is 10.1. The van der Waals surface area contributed by atoms with Crippen molar-refractivity contribution in [2.75, 3.05) is 19.8 Å². The second kappa shape index (κ2) is 7.21. The molecule has 2 heterocycles. The van der Waals surface area contributed by atoms with Gasteiger partial charge in [-0.25, -0.2) is 4.98 Å². The molecule has 0 amide bonds. The van der Waals surface area contributed by atoms with Crippen LogP contribution < -0.4 is 5.32 Å². The average molecular weight is 332 g/mol. The summed E-state index contributed by atoms with van der Waals surface area (Å²) in [4.78, 5) is 17.3. The molecule has 3 rings (SSSR count). The van der Waals surface area contributed by atoms with E-state index in [0.717, 1.165) is 15.4 Å². The van der Waals surface area contributed by atoms with Crippen LogP contribution in [0.5, 0.6) is 0 Å². The van der Waals surface area contributed by atoms with Crippen LogP contribution in [0, 0.1) is 0 Å². The number of aromatic nitrogens is 1. The first-order chi connectivity index (χ1) is 11.2. The molecule has 1 aromatic carbocycles. The summed E-state index contributed by atoms with van der Waals surface area (Å²) in [5.41, 5.74) is 0.820. The Labute approximate surface area is 139 Å². The van der Waals surface area contributed by atoms with Crippen molar-refractivity contribution in [2.45, 2.75) is 25.4 Å². The molecule has 1 aromatic heterocycles. The van der Waals surface area contributed by atoms with Crippen LogP contribution in [0.25, 0.3) is 10.6 Å². The van der Waals surface area contributed by atoms with Gasteiger partial charge in [-0.1, -0.05) is 30.3 Å². The molecule has 0 radical (unpaired) electrons. The molecule has 1 aliphatic heterocycles. The first-order valence-electron chi connectivity index (χ1n) is 7.69. The van der Waals surface area contributed by atoms with E-state index >= 15 is 0 Å². The Kier molecular flexibility index (Phi) is 5.05. The van der Waals surface area contributed by atoms with E-state index in [2.05, 4.69) is 22.4 Å². The van der Waals surface area contributed by atoms with Gasteiger partial charge in [0, 0.05) is 23.2 Å². The van der Waals surface area contributed by atoms with Crippen LogP contribution in [0.15, 0.2) is 36.5 Å². The molecule has 0 atom stereocenters. The van der Waals surface area contributed by atoms with Crippen LogP contribution in [0.2, 0.25) is 0 Å². The van der Waals surface area contributed by atoms with Gasteiger partial charge < -0.3 is 14.8 Å². The van der Waals surface area contributed by atoms with Gasteiger partial charge in [0.1, 0.15) is 5.01 Å². The van der Waals surface area contributed by atoms with Crippen molar-refractivity contribution in [1.29, 1.82) is 0 Å². The molecule has 0 spiro atoms. The van der Waals surface area contributed by atoms with E-state index in [-0.39, 0.29) is 11.5 Å². The smallest absolute Gasteiger partial charge is 0.307 e. The lowest BCUT2D eigenvalue weighted by atomic mass is 9.93. The number of ether oxygens (including phenoxy) is 2. The summed E-state index contributed by atoms with van der Waals surface area (Å²) >= 11 is 1.66. The Morgan fingerprint density at radius 2 is 2.17 bits per heavy atom. The maximum absolute atomic E-state index is 11.7. The van der Waals surface area contributed by atoms with Crippen LogP contribution in [-0.2, 0) is 20.8 Å². The molecular formula is C17H20N2O3S. The molecule has 1 saturated heterocycles. The number of thiazole rings is 1. The molecule has 5 nitrogen and oxygen atoms in total. The van der Waals surface area contributed by atoms with E-state index in [9.17, 15) is 4.79 Å². The second-order valence-corrected chi connectivity index (χ2v) is 6.72. The molecule has 6 heteroatoms. The first kappa shape index (κ1) is 16.1. The van der Waals surface area contributed by atoms with Gasteiger partial charge in [0.25, 0.3) is 0 Å². The average Bonchev–Trinajstić information content (AvgIpc) is 3.00. The molecular weight excluding hydrogens is 312 g/mol. The number of hydrogen-bond acceptors (Lipinski definition) is 6. The Hall–Kier alpha value is -1.76. The summed E-state index contributed by atoms with van der Waals surface area (Å²) in [5, 5.41) is 4.45. The number of esters is 1. The van der Waals surface area contributed by atoms with E-state index in [1.807, 2.05) is 31.3 Å². The predicted octanol–water partition coefficient (Wildman–Crippen LogP) is 2.62. The minimum atomic E-state index is -0.302. The van der Waals surface area contributed by atoms with Gasteiger partial charge in [0.15, 0.2) is 0 Å². The summed E-state index contributed by atoms with van der Waals surface area (Å²) in [5.74, 6) is -0.183. The third kappa shape index (κ3) is 3.96. The van der Waals surface area contributed by atoms with E-state index in [1.54, 1.807) is 11.3 Å². The van der Waals surface area contributed by atoms with Crippen molar-refractivity contribution in [2.24, 2.45) is 0 Å². The topological polar surface area (TPSA) is 60.5 Å². The highest BCUT2D eigenvalue weighted by molar-refractivity contribution is 7.15. The summed E-state index contributed by atoms with van der Waals surface area (Å²) in [6.07, 6.45) is 2.22. The van der Waals surface area contributed by atoms with Crippen LogP contribution in [0.4, 0.5) is 0 Å². The first-order valence-corrected chi connectivity index (χ1v) is 8.51. The van der Waals surface area contributed by atoms with Crippen molar-refractivity contribution in [3.8, 4) is 10.6 Å². The third-order valence-electron chi connectivity index (χ3n) is 3.76. The third-order valence-corrected chi connectivity index (χ3v) is 4.80. The molecule has 0 saturated carbocycles. The molecule has 1 aliphatic rings. The number of nitrogens with zero attached hydrogens (tertiary/aromatic N) is 1. The zero-order chi connectivity index (χ0) is 16.1. The number of hydrogen-bond donors (Lipinski definition) is 1. The van der Waals surface area contributed by atoms with Gasteiger partial charge in [-0.15, -0.1) is 11.3 Å². The maximum Gasteiger partial charge on any atom is 0.307 e. The fourth-order valence-corrected chi connectivity index (χ4v) is 3.34. The highest BCUT2D eigenvalue weighted by Crippen LogP contribution is 2.27. The van der Waals surface area contributed by atoms with E-state index in [1.165, 1.54) is 0 Å². The summed E-state index contributed by atoms with van der Waals surface area (Å²) in [6.45, 7) is 3.97. The number of nitrogens with one attached hydrogen (secondary N) is 1. The van der Waals surface area contributed by atoms with Gasteiger partial charge >= 0.3 is 5.97 Å². The highest BCUT2D eigenvalue weighted by atomic mass is 32.1. The number of carbonyl (C=O) groups is 1. The largest absolute Gasteiger partial charge is 0.466 e. The van der Waals surface area contributed by atoms with Gasteiger partial charge in [0.05, 0.1) is 31.8 Å². The molecule has 0 bridgehead atoms. The molecule has 0 aliphatic carbocycles. The highest BCUT2D eigenvalue weighted by Gasteiger charge is 2.40. The summed E-state index contributed by atoms with van der Waals surface area (Å²) in [7, 11) is 0. The minimum Gasteiger partial charge on any atom is -0.466 e. The molecule has 23 heavy (non-hydrogen) atoms. The van der Waals surface area contributed by atoms with E-state index in [4.69, 9.17) is 9.47 Å². The number of rotatable bonds is 7. The fourth-order valence-electron chi connectivity index (χ4n) is 2.48. The van der Waals surface area contributed by atoms with Crippen LogP contribution in [-0.4, -0.2) is 36.3 Å². The Bertz CT molecular complexity index is 653. The van der Waals surface area contributed by atoms with Crippen molar-refractivity contribution >= 4 is 17.3 Å². The van der Waals surface area contributed by atoms with Gasteiger partial charge in [0.2, 0.25) is 0 Å². The molecule has 2 aromatic rings. The van der Waals surface area contributed by atoms with Gasteiger partial charge in [-0.05, 0) is 6.92 Å². The lowest BCUT2D eigenvalue weighted by Gasteiger charge is -2.41. The molecule has 1 N–H and O–H groups in total. The number of carbonyl (C=O) groups excluding carboxylic acids is 1. The predicted molar refractivity (Wildman–Crippen MR) is 89.2 cm³/mol. The van der Waals surface area contributed by atoms with Crippen molar-refractivity contribution in [1.82, 2.24) is 10.3 Å². The zero-order valence-corrected chi connectivity index (χ0v) is 13.9. The van der Waals surface area contributed by atoms with E-state index in [0.29, 0.717) is 32.8 Å².